The van der Waals surface area contributed by atoms with E-state index in [2.05, 4.69) is 86.8 Å². The van der Waals surface area contributed by atoms with Gasteiger partial charge in [0.15, 0.2) is 0 Å². The maximum atomic E-state index is 12.4. The molecular formula is C40H75NO5. The zero-order valence-corrected chi connectivity index (χ0v) is 32.4. The standard InChI is InChI=1S/C31H49NO5.C3H8.3C2H6/c1-6-7-8-9-10-11-12-13-14-15-16-17-18-19-20-21-22-23-28(34)37-26-31(3,4)29(36-5)30(35)32-25-24-27(2)33;1-3-2;3*1-2/h7-8,10-11,13-14,16-17,19-20,29H,6,9,12,15,18,21-26H2,1-5H3,(H,32,35);3H2,1-2H3;3*1-2H3/b8-7-,11-10-,14-13-,17-16-,20-19-;;;;/t29-;;;;/m0..../s1. The lowest BCUT2D eigenvalue weighted by molar-refractivity contribution is -0.155. The van der Waals surface area contributed by atoms with Crippen molar-refractivity contribution in [3.05, 3.63) is 60.8 Å². The van der Waals surface area contributed by atoms with Crippen LogP contribution in [0.15, 0.2) is 60.8 Å². The van der Waals surface area contributed by atoms with Gasteiger partial charge in [0.1, 0.15) is 11.9 Å². The van der Waals surface area contributed by atoms with Crippen molar-refractivity contribution in [3.63, 3.8) is 0 Å². The Morgan fingerprint density at radius 2 is 1.11 bits per heavy atom. The Kier molecular flexibility index (Phi) is 50.9. The molecule has 0 aromatic heterocycles. The second-order valence-corrected chi connectivity index (χ2v) is 10.3. The quantitative estimate of drug-likeness (QED) is 0.0760. The van der Waals surface area contributed by atoms with Crippen molar-refractivity contribution < 1.29 is 23.9 Å². The second kappa shape index (κ2) is 44.4. The Balaban J connectivity index is -0.000000562. The fourth-order valence-electron chi connectivity index (χ4n) is 3.38. The van der Waals surface area contributed by atoms with E-state index in [1.165, 1.54) is 20.5 Å². The summed E-state index contributed by atoms with van der Waals surface area (Å²) in [5, 5.41) is 2.70. The van der Waals surface area contributed by atoms with E-state index in [1.54, 1.807) is 0 Å². The lowest BCUT2D eigenvalue weighted by Gasteiger charge is -2.31. The van der Waals surface area contributed by atoms with Gasteiger partial charge in [-0.15, -0.1) is 0 Å². The van der Waals surface area contributed by atoms with E-state index in [0.717, 1.165) is 38.5 Å². The molecule has 0 fully saturated rings. The maximum Gasteiger partial charge on any atom is 0.305 e. The average molecular weight is 650 g/mol. The van der Waals surface area contributed by atoms with E-state index < -0.39 is 11.5 Å². The number of allylic oxidation sites excluding steroid dienone is 10. The molecule has 0 spiro atoms. The molecule has 0 unspecified atom stereocenters. The molecule has 46 heavy (non-hydrogen) atoms. The van der Waals surface area contributed by atoms with Crippen LogP contribution < -0.4 is 5.32 Å². The summed E-state index contributed by atoms with van der Waals surface area (Å²) in [6.07, 6.45) is 29.1. The minimum absolute atomic E-state index is 0.00652. The van der Waals surface area contributed by atoms with E-state index in [4.69, 9.17) is 9.47 Å². The Labute approximate surface area is 286 Å². The van der Waals surface area contributed by atoms with Gasteiger partial charge in [-0.05, 0) is 51.9 Å². The number of carbonyl (C=O) groups excluding carboxylic acids is 3. The molecule has 6 nitrogen and oxygen atoms in total. The van der Waals surface area contributed by atoms with E-state index >= 15 is 0 Å². The fraction of sp³-hybridized carbons (Fsp3) is 0.675. The minimum Gasteiger partial charge on any atom is -0.465 e. The van der Waals surface area contributed by atoms with Gasteiger partial charge in [0.2, 0.25) is 5.91 Å². The summed E-state index contributed by atoms with van der Waals surface area (Å²) in [6.45, 7) is 23.8. The highest BCUT2D eigenvalue weighted by atomic mass is 16.5. The number of nitrogens with one attached hydrogen (secondary N) is 1. The van der Waals surface area contributed by atoms with Gasteiger partial charge in [-0.25, -0.2) is 0 Å². The van der Waals surface area contributed by atoms with Crippen molar-refractivity contribution in [2.75, 3.05) is 20.3 Å². The number of carbonyl (C=O) groups is 3. The summed E-state index contributed by atoms with van der Waals surface area (Å²) in [6, 6.07) is 0. The van der Waals surface area contributed by atoms with Gasteiger partial charge in [-0.2, -0.15) is 0 Å². The average Bonchev–Trinajstić information content (AvgIpc) is 3.05. The van der Waals surface area contributed by atoms with Crippen molar-refractivity contribution in [3.8, 4) is 0 Å². The van der Waals surface area contributed by atoms with Gasteiger partial charge in [0.05, 0.1) is 6.61 Å². The number of rotatable bonds is 21. The molecule has 0 aromatic carbocycles. The van der Waals surface area contributed by atoms with E-state index in [-0.39, 0.29) is 37.2 Å². The summed E-state index contributed by atoms with van der Waals surface area (Å²) < 4.78 is 10.8. The number of methoxy groups -OCH3 is 1. The molecular weight excluding hydrogens is 574 g/mol. The van der Waals surface area contributed by atoms with E-state index in [1.807, 2.05) is 55.4 Å². The number of hydrogen-bond acceptors (Lipinski definition) is 5. The highest BCUT2D eigenvalue weighted by Gasteiger charge is 2.36. The number of ketones is 1. The Morgan fingerprint density at radius 1 is 0.696 bits per heavy atom. The second-order valence-electron chi connectivity index (χ2n) is 10.3. The number of esters is 1. The van der Waals surface area contributed by atoms with Crippen LogP contribution in [0.4, 0.5) is 0 Å². The Morgan fingerprint density at radius 3 is 1.50 bits per heavy atom. The van der Waals surface area contributed by atoms with Crippen molar-refractivity contribution in [1.82, 2.24) is 5.32 Å². The van der Waals surface area contributed by atoms with Crippen molar-refractivity contribution >= 4 is 17.7 Å². The zero-order valence-electron chi connectivity index (χ0n) is 32.4. The number of Topliss-reactive ketones (excluding diaryl/α,β-unsaturated/α-hetero) is 1. The van der Waals surface area contributed by atoms with Crippen LogP contribution in [-0.2, 0) is 23.9 Å². The van der Waals surface area contributed by atoms with Gasteiger partial charge < -0.3 is 14.8 Å². The summed E-state index contributed by atoms with van der Waals surface area (Å²) >= 11 is 0. The molecule has 0 saturated heterocycles. The molecule has 270 valence electrons. The van der Waals surface area contributed by atoms with Gasteiger partial charge in [-0.3, -0.25) is 14.4 Å². The number of unbranched alkanes of at least 4 members (excludes halogenated alkanes) is 1. The topological polar surface area (TPSA) is 81.7 Å². The summed E-state index contributed by atoms with van der Waals surface area (Å²) in [4.78, 5) is 35.6. The molecule has 0 aliphatic carbocycles. The third-order valence-corrected chi connectivity index (χ3v) is 5.47. The first-order chi connectivity index (χ1) is 22.2. The van der Waals surface area contributed by atoms with Gasteiger partial charge in [-0.1, -0.05) is 143 Å². The van der Waals surface area contributed by atoms with Crippen LogP contribution in [0.1, 0.15) is 147 Å². The highest BCUT2D eigenvalue weighted by Crippen LogP contribution is 2.24. The van der Waals surface area contributed by atoms with Crippen molar-refractivity contribution in [2.24, 2.45) is 5.41 Å². The molecule has 0 heterocycles. The Bertz CT molecular complexity index is 806. The zero-order chi connectivity index (χ0) is 36.5. The third kappa shape index (κ3) is 41.3. The molecule has 0 aliphatic heterocycles. The van der Waals surface area contributed by atoms with Crippen LogP contribution >= 0.6 is 0 Å². The van der Waals surface area contributed by atoms with Crippen LogP contribution in [0.2, 0.25) is 0 Å². The summed E-state index contributed by atoms with van der Waals surface area (Å²) in [5.41, 5.74) is -0.700. The predicted molar refractivity (Wildman–Crippen MR) is 202 cm³/mol. The minimum atomic E-state index is -0.784. The van der Waals surface area contributed by atoms with Gasteiger partial charge >= 0.3 is 5.97 Å². The Hall–Kier alpha value is -2.73. The first kappa shape index (κ1) is 52.8. The van der Waals surface area contributed by atoms with Crippen LogP contribution in [0.5, 0.6) is 0 Å². The predicted octanol–water partition coefficient (Wildman–Crippen LogP) is 11.1. The molecule has 0 radical (unpaired) electrons. The molecule has 1 amide bonds. The molecule has 0 saturated carbocycles. The largest absolute Gasteiger partial charge is 0.465 e. The fourth-order valence-corrected chi connectivity index (χ4v) is 3.38. The summed E-state index contributed by atoms with van der Waals surface area (Å²) in [5.74, 6) is -0.595. The van der Waals surface area contributed by atoms with Gasteiger partial charge in [0, 0.05) is 31.9 Å². The first-order valence-corrected chi connectivity index (χ1v) is 17.9. The first-order valence-electron chi connectivity index (χ1n) is 17.9. The third-order valence-electron chi connectivity index (χ3n) is 5.47. The number of ether oxygens (including phenoxy) is 2. The molecule has 0 bridgehead atoms. The molecule has 0 aromatic rings. The monoisotopic (exact) mass is 650 g/mol. The lowest BCUT2D eigenvalue weighted by atomic mass is 9.86. The van der Waals surface area contributed by atoms with E-state index in [9.17, 15) is 14.4 Å². The molecule has 6 heteroatoms. The molecule has 0 aliphatic rings. The van der Waals surface area contributed by atoms with Crippen LogP contribution in [-0.4, -0.2) is 44.0 Å². The van der Waals surface area contributed by atoms with E-state index in [0.29, 0.717) is 12.8 Å². The SMILES string of the molecule is CC.CC.CC.CC/C=C\C/C=C\C/C=C\C/C=C\C/C=C\CCCC(=O)OCC(C)(C)[C@@H](OC)C(=O)NCCC(C)=O.CCC. The van der Waals surface area contributed by atoms with Crippen LogP contribution in [0.25, 0.3) is 0 Å². The number of amides is 1. The van der Waals surface area contributed by atoms with Crippen LogP contribution in [0, 0.1) is 5.41 Å². The maximum absolute atomic E-state index is 12.4. The normalized spacial score (nSPS) is 11.6. The molecule has 1 N–H and O–H groups in total. The lowest BCUT2D eigenvalue weighted by Crippen LogP contribution is -2.47. The molecule has 0 rings (SSSR count). The smallest absolute Gasteiger partial charge is 0.305 e. The highest BCUT2D eigenvalue weighted by molar-refractivity contribution is 5.82. The van der Waals surface area contributed by atoms with Gasteiger partial charge in [0.25, 0.3) is 0 Å². The van der Waals surface area contributed by atoms with Crippen LogP contribution in [0.3, 0.4) is 0 Å². The molecule has 1 atom stereocenters. The number of hydrogen-bond donors (Lipinski definition) is 1. The van der Waals surface area contributed by atoms with Crippen molar-refractivity contribution in [2.45, 2.75) is 153 Å². The van der Waals surface area contributed by atoms with Crippen molar-refractivity contribution in [1.29, 1.82) is 0 Å². The summed E-state index contributed by atoms with van der Waals surface area (Å²) in [7, 11) is 1.45.